The Morgan fingerprint density at radius 3 is 1.89 bits per heavy atom. The number of ether oxygens (including phenoxy) is 1. The second kappa shape index (κ2) is 18.0. The first-order chi connectivity index (χ1) is 13.4. The number of oxime groups is 1. The maximum Gasteiger partial charge on any atom is 0.447 e. The predicted molar refractivity (Wildman–Crippen MR) is 119 cm³/mol. The van der Waals surface area contributed by atoms with Crippen LogP contribution in [0.25, 0.3) is 0 Å². The zero-order valence-corrected chi connectivity index (χ0v) is 19.7. The summed E-state index contributed by atoms with van der Waals surface area (Å²) in [6, 6.07) is 0. The van der Waals surface area contributed by atoms with Gasteiger partial charge in [0.1, 0.15) is 5.04 Å². The Bertz CT molecular complexity index is 464. The van der Waals surface area contributed by atoms with Crippen molar-refractivity contribution < 1.29 is 19.2 Å². The Morgan fingerprint density at radius 2 is 1.36 bits per heavy atom. The number of carbonyl (C=O) groups excluding carboxylic acids is 2. The van der Waals surface area contributed by atoms with Gasteiger partial charge in [0.05, 0.1) is 18.7 Å². The first-order valence-electron chi connectivity index (χ1n) is 10.0. The van der Waals surface area contributed by atoms with E-state index in [0.29, 0.717) is 11.7 Å². The van der Waals surface area contributed by atoms with Gasteiger partial charge in [0.25, 0.3) is 0 Å². The average Bonchev–Trinajstić information content (AvgIpc) is 2.69. The van der Waals surface area contributed by atoms with Gasteiger partial charge in [-0.3, -0.25) is 4.84 Å². The molecular formula is C19H37N3O4S2. The zero-order valence-electron chi connectivity index (χ0n) is 18.1. The van der Waals surface area contributed by atoms with Gasteiger partial charge < -0.3 is 4.74 Å². The van der Waals surface area contributed by atoms with Gasteiger partial charge in [-0.2, -0.15) is 0 Å². The first-order valence-corrected chi connectivity index (χ1v) is 12.0. The molecule has 0 spiro atoms. The molecule has 0 aliphatic carbocycles. The highest BCUT2D eigenvalue weighted by molar-refractivity contribution is 8.13. The van der Waals surface area contributed by atoms with Crippen LogP contribution >= 0.6 is 23.9 Å². The van der Waals surface area contributed by atoms with Crippen molar-refractivity contribution in [2.75, 3.05) is 27.0 Å². The molecule has 0 aliphatic rings. The van der Waals surface area contributed by atoms with Crippen molar-refractivity contribution in [3.63, 3.8) is 0 Å². The highest BCUT2D eigenvalue weighted by atomic mass is 32.2. The molecule has 0 radical (unpaired) electrons. The van der Waals surface area contributed by atoms with Crippen LogP contribution in [0.4, 0.5) is 9.59 Å². The SMILES string of the molecule is CCCCCCCCCCCCOC(=O)N(C)SN(C)C(=O)ON=C(C)SC. The summed E-state index contributed by atoms with van der Waals surface area (Å²) in [6.07, 6.45) is 13.0. The fourth-order valence-corrected chi connectivity index (χ4v) is 2.99. The molecule has 0 atom stereocenters. The van der Waals surface area contributed by atoms with Gasteiger partial charge in [-0.05, 0) is 19.6 Å². The van der Waals surface area contributed by atoms with Crippen LogP contribution in [0.1, 0.15) is 78.1 Å². The first kappa shape index (κ1) is 26.9. The maximum atomic E-state index is 11.9. The van der Waals surface area contributed by atoms with E-state index in [2.05, 4.69) is 12.1 Å². The van der Waals surface area contributed by atoms with E-state index < -0.39 is 12.2 Å². The lowest BCUT2D eigenvalue weighted by Crippen LogP contribution is -2.29. The fraction of sp³-hybridized carbons (Fsp3) is 0.842. The Morgan fingerprint density at radius 1 is 0.857 bits per heavy atom. The number of unbranched alkanes of at least 4 members (excludes halogenated alkanes) is 9. The number of hydrogen-bond acceptors (Lipinski definition) is 7. The number of amides is 2. The molecule has 2 amide bonds. The summed E-state index contributed by atoms with van der Waals surface area (Å²) in [4.78, 5) is 28.5. The van der Waals surface area contributed by atoms with E-state index in [9.17, 15) is 9.59 Å². The van der Waals surface area contributed by atoms with E-state index in [1.807, 2.05) is 6.26 Å². The minimum atomic E-state index is -0.659. The summed E-state index contributed by atoms with van der Waals surface area (Å²) in [5, 5.41) is 4.30. The number of thioether (sulfide) groups is 1. The molecule has 0 rings (SSSR count). The third-order valence-electron chi connectivity index (χ3n) is 4.03. The Hall–Kier alpha value is -1.09. The van der Waals surface area contributed by atoms with Crippen LogP contribution in [0.15, 0.2) is 5.16 Å². The molecule has 0 aromatic heterocycles. The third-order valence-corrected chi connectivity index (χ3v) is 5.48. The molecule has 0 aromatic carbocycles. The minimum absolute atomic E-state index is 0.394. The number of hydrogen-bond donors (Lipinski definition) is 0. The Balaban J connectivity index is 3.74. The van der Waals surface area contributed by atoms with Crippen molar-refractivity contribution in [2.45, 2.75) is 78.1 Å². The molecule has 0 aromatic rings. The largest absolute Gasteiger partial charge is 0.449 e. The molecule has 0 fully saturated rings. The normalized spacial score (nSPS) is 11.2. The quantitative estimate of drug-likeness (QED) is 0.0795. The molecule has 28 heavy (non-hydrogen) atoms. The van der Waals surface area contributed by atoms with Gasteiger partial charge in [0.2, 0.25) is 0 Å². The van der Waals surface area contributed by atoms with Crippen molar-refractivity contribution in [1.29, 1.82) is 0 Å². The van der Waals surface area contributed by atoms with E-state index in [1.165, 1.54) is 78.8 Å². The van der Waals surface area contributed by atoms with E-state index in [4.69, 9.17) is 9.57 Å². The molecular weight excluding hydrogens is 398 g/mol. The van der Waals surface area contributed by atoms with Crippen molar-refractivity contribution in [2.24, 2.45) is 5.16 Å². The summed E-state index contributed by atoms with van der Waals surface area (Å²) < 4.78 is 7.66. The average molecular weight is 436 g/mol. The zero-order chi connectivity index (χ0) is 21.2. The summed E-state index contributed by atoms with van der Waals surface area (Å²) >= 11 is 2.28. The molecule has 0 saturated heterocycles. The standard InChI is InChI=1S/C19H37N3O4S2/c1-6-7-8-9-10-11-12-13-14-15-16-25-18(23)21(3)28-22(4)19(24)26-20-17(2)27-5/h6-16H2,1-5H3. The van der Waals surface area contributed by atoms with Gasteiger partial charge in [-0.25, -0.2) is 18.2 Å². The summed E-state index contributed by atoms with van der Waals surface area (Å²) in [5.74, 6) is 0. The molecule has 0 bridgehead atoms. The highest BCUT2D eigenvalue weighted by Gasteiger charge is 2.19. The fourth-order valence-electron chi connectivity index (χ4n) is 2.29. The molecule has 0 heterocycles. The van der Waals surface area contributed by atoms with Crippen LogP contribution in [0, 0.1) is 0 Å². The molecule has 164 valence electrons. The molecule has 0 N–H and O–H groups in total. The number of carbonyl (C=O) groups is 2. The maximum absolute atomic E-state index is 11.9. The number of rotatable bonds is 14. The summed E-state index contributed by atoms with van der Waals surface area (Å²) in [7, 11) is 3.05. The second-order valence-corrected chi connectivity index (χ2v) is 8.80. The molecule has 0 aliphatic heterocycles. The van der Waals surface area contributed by atoms with Crippen molar-refractivity contribution in [3.8, 4) is 0 Å². The smallest absolute Gasteiger partial charge is 0.447 e. The number of nitrogens with zero attached hydrogens (tertiary/aromatic N) is 3. The van der Waals surface area contributed by atoms with Crippen molar-refractivity contribution in [1.82, 2.24) is 8.61 Å². The lowest BCUT2D eigenvalue weighted by atomic mass is 10.1. The lowest BCUT2D eigenvalue weighted by molar-refractivity contribution is 0.127. The van der Waals surface area contributed by atoms with Crippen LogP contribution in [-0.2, 0) is 9.57 Å². The Labute approximate surface area is 179 Å². The van der Waals surface area contributed by atoms with Crippen LogP contribution in [0.3, 0.4) is 0 Å². The van der Waals surface area contributed by atoms with E-state index in [0.717, 1.165) is 25.0 Å². The van der Waals surface area contributed by atoms with Gasteiger partial charge in [0, 0.05) is 14.1 Å². The molecule has 9 heteroatoms. The minimum Gasteiger partial charge on any atom is -0.449 e. The Kier molecular flexibility index (Phi) is 17.3. The van der Waals surface area contributed by atoms with Crippen molar-refractivity contribution in [3.05, 3.63) is 0 Å². The van der Waals surface area contributed by atoms with Crippen LogP contribution in [0.5, 0.6) is 0 Å². The van der Waals surface area contributed by atoms with Crippen molar-refractivity contribution >= 4 is 41.1 Å². The molecule has 0 saturated carbocycles. The van der Waals surface area contributed by atoms with Gasteiger partial charge in [-0.1, -0.05) is 69.9 Å². The third kappa shape index (κ3) is 14.9. The van der Waals surface area contributed by atoms with Crippen LogP contribution < -0.4 is 0 Å². The molecule has 0 unspecified atom stereocenters. The topological polar surface area (TPSA) is 71.4 Å². The highest BCUT2D eigenvalue weighted by Crippen LogP contribution is 2.15. The van der Waals surface area contributed by atoms with E-state index in [-0.39, 0.29) is 0 Å². The van der Waals surface area contributed by atoms with E-state index in [1.54, 1.807) is 14.0 Å². The van der Waals surface area contributed by atoms with Gasteiger partial charge >= 0.3 is 12.2 Å². The van der Waals surface area contributed by atoms with Crippen LogP contribution in [0.2, 0.25) is 0 Å². The lowest BCUT2D eigenvalue weighted by Gasteiger charge is -2.20. The summed E-state index contributed by atoms with van der Waals surface area (Å²) in [5.41, 5.74) is 0. The van der Waals surface area contributed by atoms with Gasteiger partial charge in [0.15, 0.2) is 0 Å². The van der Waals surface area contributed by atoms with Gasteiger partial charge in [-0.15, -0.1) is 11.8 Å². The monoisotopic (exact) mass is 435 g/mol. The van der Waals surface area contributed by atoms with E-state index >= 15 is 0 Å². The molecule has 7 nitrogen and oxygen atoms in total. The van der Waals surface area contributed by atoms with Crippen LogP contribution in [-0.4, -0.2) is 52.8 Å². The summed E-state index contributed by atoms with van der Waals surface area (Å²) in [6.45, 7) is 4.37. The predicted octanol–water partition coefficient (Wildman–Crippen LogP) is 6.30. The second-order valence-electron chi connectivity index (χ2n) is 6.54.